The number of carbonyl (C=O) groups is 1. The van der Waals surface area contributed by atoms with Crippen molar-refractivity contribution in [3.63, 3.8) is 0 Å². The molecular weight excluding hydrogens is 392 g/mol. The Hall–Kier alpha value is -4.06. The maximum absolute atomic E-state index is 12.2. The van der Waals surface area contributed by atoms with Gasteiger partial charge in [0.1, 0.15) is 5.75 Å². The molecule has 1 aliphatic rings. The Morgan fingerprint density at radius 3 is 2.68 bits per heavy atom. The van der Waals surface area contributed by atoms with Crippen LogP contribution in [0.1, 0.15) is 12.5 Å². The van der Waals surface area contributed by atoms with E-state index in [1.807, 2.05) is 84.9 Å². The van der Waals surface area contributed by atoms with Crippen molar-refractivity contribution in [1.82, 2.24) is 5.43 Å². The summed E-state index contributed by atoms with van der Waals surface area (Å²) < 4.78 is 16.4. The fourth-order valence-corrected chi connectivity index (χ4v) is 3.05. The van der Waals surface area contributed by atoms with Crippen LogP contribution in [0.4, 0.5) is 0 Å². The van der Waals surface area contributed by atoms with Crippen LogP contribution in [-0.4, -0.2) is 25.0 Å². The molecule has 0 saturated heterocycles. The summed E-state index contributed by atoms with van der Waals surface area (Å²) in [5, 5.41) is 4.10. The van der Waals surface area contributed by atoms with Gasteiger partial charge < -0.3 is 14.2 Å². The fraction of sp³-hybridized carbons (Fsp3) is 0.120. The summed E-state index contributed by atoms with van der Waals surface area (Å²) in [6.07, 6.45) is 3.70. The summed E-state index contributed by atoms with van der Waals surface area (Å²) in [6, 6.07) is 23.2. The van der Waals surface area contributed by atoms with Crippen LogP contribution in [0, 0.1) is 0 Å². The van der Waals surface area contributed by atoms with Crippen LogP contribution >= 0.6 is 0 Å². The minimum absolute atomic E-state index is 0.132. The molecule has 0 fully saturated rings. The van der Waals surface area contributed by atoms with Crippen molar-refractivity contribution in [2.24, 2.45) is 5.10 Å². The second-order valence-electron chi connectivity index (χ2n) is 6.89. The third kappa shape index (κ3) is 5.30. The van der Waals surface area contributed by atoms with Gasteiger partial charge in [0.15, 0.2) is 18.1 Å². The van der Waals surface area contributed by atoms with Crippen molar-refractivity contribution in [1.29, 1.82) is 0 Å². The molecule has 0 aliphatic carbocycles. The zero-order valence-electron chi connectivity index (χ0n) is 17.1. The van der Waals surface area contributed by atoms with Gasteiger partial charge in [-0.15, -0.1) is 0 Å². The van der Waals surface area contributed by atoms with Crippen LogP contribution in [0.3, 0.4) is 0 Å². The van der Waals surface area contributed by atoms with Crippen molar-refractivity contribution in [3.8, 4) is 28.4 Å². The molecule has 6 heteroatoms. The largest absolute Gasteiger partial charge is 0.483 e. The summed E-state index contributed by atoms with van der Waals surface area (Å²) in [5.74, 6) is 1.77. The predicted octanol–water partition coefficient (Wildman–Crippen LogP) is 4.67. The number of nitrogens with one attached hydrogen (secondary N) is 1. The lowest BCUT2D eigenvalue weighted by Gasteiger charge is -2.11. The van der Waals surface area contributed by atoms with E-state index in [4.69, 9.17) is 14.2 Å². The molecule has 4 rings (SSSR count). The number of hydrogen-bond donors (Lipinski definition) is 1. The van der Waals surface area contributed by atoms with Crippen LogP contribution in [-0.2, 0) is 4.79 Å². The van der Waals surface area contributed by atoms with E-state index >= 15 is 0 Å². The van der Waals surface area contributed by atoms with Crippen molar-refractivity contribution >= 4 is 17.7 Å². The molecule has 1 heterocycles. The number of amides is 1. The quantitative estimate of drug-likeness (QED) is 0.451. The van der Waals surface area contributed by atoms with E-state index in [0.717, 1.165) is 28.2 Å². The first-order valence-electron chi connectivity index (χ1n) is 9.87. The average molecular weight is 414 g/mol. The third-order valence-electron chi connectivity index (χ3n) is 4.60. The van der Waals surface area contributed by atoms with E-state index in [0.29, 0.717) is 11.5 Å². The second kappa shape index (κ2) is 9.63. The lowest BCUT2D eigenvalue weighted by Crippen LogP contribution is -2.25. The van der Waals surface area contributed by atoms with Crippen molar-refractivity contribution in [2.45, 2.75) is 6.92 Å². The standard InChI is InChI=1S/C25H22N2O4/c1-18(11-12-19-13-14-23-24(15-19)31-17-30-23)26-27-25(28)16-29-22-10-6-5-9-21(22)20-7-3-2-4-8-20/h2-15H,16-17H2,1H3,(H,27,28). The number of allylic oxidation sites excluding steroid dienone is 1. The molecule has 3 aromatic carbocycles. The first-order valence-corrected chi connectivity index (χ1v) is 9.87. The van der Waals surface area contributed by atoms with Crippen molar-refractivity contribution in [2.75, 3.05) is 13.4 Å². The minimum Gasteiger partial charge on any atom is -0.483 e. The van der Waals surface area contributed by atoms with Gasteiger partial charge in [-0.05, 0) is 42.3 Å². The molecule has 156 valence electrons. The normalized spacial score (nSPS) is 12.7. The number of ether oxygens (including phenoxy) is 3. The number of benzene rings is 3. The number of fused-ring (bicyclic) bond motifs is 1. The van der Waals surface area contributed by atoms with Crippen LogP contribution in [0.5, 0.6) is 17.2 Å². The summed E-state index contributed by atoms with van der Waals surface area (Å²) in [6.45, 7) is 1.91. The predicted molar refractivity (Wildman–Crippen MR) is 120 cm³/mol. The SMILES string of the molecule is CC(C=Cc1ccc2c(c1)OCO2)=NNC(=O)COc1ccccc1-c1ccccc1. The first kappa shape index (κ1) is 20.2. The van der Waals surface area contributed by atoms with Crippen LogP contribution in [0.25, 0.3) is 17.2 Å². The Morgan fingerprint density at radius 1 is 1.03 bits per heavy atom. The van der Waals surface area contributed by atoms with E-state index in [-0.39, 0.29) is 19.3 Å². The van der Waals surface area contributed by atoms with Gasteiger partial charge >= 0.3 is 0 Å². The number of nitrogens with zero attached hydrogens (tertiary/aromatic N) is 1. The average Bonchev–Trinajstić information content (AvgIpc) is 3.29. The maximum atomic E-state index is 12.2. The molecule has 0 bridgehead atoms. The monoisotopic (exact) mass is 414 g/mol. The van der Waals surface area contributed by atoms with E-state index in [1.165, 1.54) is 0 Å². The molecule has 1 amide bonds. The van der Waals surface area contributed by atoms with Gasteiger partial charge in [0.2, 0.25) is 6.79 Å². The third-order valence-corrected chi connectivity index (χ3v) is 4.60. The Morgan fingerprint density at radius 2 is 1.81 bits per heavy atom. The summed E-state index contributed by atoms with van der Waals surface area (Å²) >= 11 is 0. The molecule has 0 unspecified atom stereocenters. The van der Waals surface area contributed by atoms with Gasteiger partial charge in [-0.3, -0.25) is 4.79 Å². The summed E-state index contributed by atoms with van der Waals surface area (Å²) in [7, 11) is 0. The lowest BCUT2D eigenvalue weighted by atomic mass is 10.1. The first-order chi connectivity index (χ1) is 15.2. The van der Waals surface area contributed by atoms with E-state index in [1.54, 1.807) is 6.92 Å². The van der Waals surface area contributed by atoms with Crippen LogP contribution < -0.4 is 19.6 Å². The molecule has 3 aromatic rings. The van der Waals surface area contributed by atoms with Gasteiger partial charge in [-0.25, -0.2) is 5.43 Å². The van der Waals surface area contributed by atoms with E-state index < -0.39 is 0 Å². The minimum atomic E-state index is -0.335. The zero-order chi connectivity index (χ0) is 21.5. The van der Waals surface area contributed by atoms with E-state index in [2.05, 4.69) is 10.5 Å². The summed E-state index contributed by atoms with van der Waals surface area (Å²) in [5.41, 5.74) is 6.08. The molecule has 0 spiro atoms. The molecule has 6 nitrogen and oxygen atoms in total. The fourth-order valence-electron chi connectivity index (χ4n) is 3.05. The lowest BCUT2D eigenvalue weighted by molar-refractivity contribution is -0.123. The smallest absolute Gasteiger partial charge is 0.277 e. The van der Waals surface area contributed by atoms with Crippen LogP contribution in [0.2, 0.25) is 0 Å². The number of carbonyl (C=O) groups excluding carboxylic acids is 1. The summed E-state index contributed by atoms with van der Waals surface area (Å²) in [4.78, 5) is 12.2. The molecule has 1 aliphatic heterocycles. The number of hydrazone groups is 1. The highest BCUT2D eigenvalue weighted by molar-refractivity contribution is 5.97. The number of hydrogen-bond acceptors (Lipinski definition) is 5. The van der Waals surface area contributed by atoms with Crippen molar-refractivity contribution < 1.29 is 19.0 Å². The highest BCUT2D eigenvalue weighted by Gasteiger charge is 2.12. The van der Waals surface area contributed by atoms with Gasteiger partial charge in [0.25, 0.3) is 5.91 Å². The Bertz CT molecular complexity index is 1120. The molecule has 0 radical (unpaired) electrons. The van der Waals surface area contributed by atoms with Gasteiger partial charge in [-0.2, -0.15) is 5.10 Å². The molecule has 0 saturated carbocycles. The Labute approximate surface area is 180 Å². The number of rotatable bonds is 7. The van der Waals surface area contributed by atoms with Gasteiger partial charge in [0.05, 0.1) is 5.71 Å². The van der Waals surface area contributed by atoms with Crippen LogP contribution in [0.15, 0.2) is 84.0 Å². The van der Waals surface area contributed by atoms with Crippen molar-refractivity contribution in [3.05, 3.63) is 84.4 Å². The van der Waals surface area contributed by atoms with E-state index in [9.17, 15) is 4.79 Å². The highest BCUT2D eigenvalue weighted by Crippen LogP contribution is 2.33. The molecule has 1 N–H and O–H groups in total. The maximum Gasteiger partial charge on any atom is 0.277 e. The Kier molecular flexibility index (Phi) is 6.28. The van der Waals surface area contributed by atoms with Gasteiger partial charge in [-0.1, -0.05) is 60.7 Å². The topological polar surface area (TPSA) is 69.2 Å². The molecule has 0 atom stereocenters. The number of para-hydroxylation sites is 1. The molecular formula is C25H22N2O4. The zero-order valence-corrected chi connectivity index (χ0v) is 17.1. The van der Waals surface area contributed by atoms with Gasteiger partial charge in [0, 0.05) is 5.56 Å². The molecule has 0 aromatic heterocycles. The highest BCUT2D eigenvalue weighted by atomic mass is 16.7. The second-order valence-corrected chi connectivity index (χ2v) is 6.89. The Balaban J connectivity index is 1.32. The molecule has 31 heavy (non-hydrogen) atoms.